The summed E-state index contributed by atoms with van der Waals surface area (Å²) >= 11 is 0. The number of hydrogen-bond donors (Lipinski definition) is 2. The van der Waals surface area contributed by atoms with Gasteiger partial charge in [0.1, 0.15) is 0 Å². The van der Waals surface area contributed by atoms with Gasteiger partial charge in [-0.2, -0.15) is 0 Å². The minimum atomic E-state index is 0.222. The zero-order chi connectivity index (χ0) is 7.14. The lowest BCUT2D eigenvalue weighted by atomic mass is 9.90. The molecule has 1 fully saturated rings. The first-order chi connectivity index (χ1) is 4.83. The number of aliphatic hydroxyl groups excluding tert-OH is 1. The Balaban J connectivity index is 2.18. The summed E-state index contributed by atoms with van der Waals surface area (Å²) in [6.07, 6.45) is 5.57. The van der Waals surface area contributed by atoms with Crippen molar-refractivity contribution in [2.75, 3.05) is 6.61 Å². The van der Waals surface area contributed by atoms with Crippen LogP contribution in [-0.2, 0) is 0 Å². The molecular formula is C8H13NO. The van der Waals surface area contributed by atoms with Crippen LogP contribution in [0.25, 0.3) is 0 Å². The molecule has 0 aliphatic heterocycles. The van der Waals surface area contributed by atoms with Gasteiger partial charge in [-0.1, -0.05) is 12.2 Å². The third-order valence-corrected chi connectivity index (χ3v) is 2.90. The average molecular weight is 139 g/mol. The molecule has 0 aromatic rings. The van der Waals surface area contributed by atoms with Crippen LogP contribution in [0.5, 0.6) is 0 Å². The van der Waals surface area contributed by atoms with Crippen molar-refractivity contribution in [2.24, 2.45) is 23.5 Å². The number of fused-ring (bicyclic) bond motifs is 2. The monoisotopic (exact) mass is 139 g/mol. The highest BCUT2D eigenvalue weighted by Gasteiger charge is 2.41. The Labute approximate surface area is 60.7 Å². The fourth-order valence-corrected chi connectivity index (χ4v) is 2.22. The summed E-state index contributed by atoms with van der Waals surface area (Å²) in [6, 6.07) is 0.222. The molecule has 2 aliphatic carbocycles. The van der Waals surface area contributed by atoms with Gasteiger partial charge in [0.15, 0.2) is 0 Å². The van der Waals surface area contributed by atoms with Crippen molar-refractivity contribution in [3.63, 3.8) is 0 Å². The van der Waals surface area contributed by atoms with E-state index in [9.17, 15) is 0 Å². The van der Waals surface area contributed by atoms with Gasteiger partial charge in [0, 0.05) is 18.6 Å². The van der Waals surface area contributed by atoms with Gasteiger partial charge in [-0.05, 0) is 18.3 Å². The zero-order valence-corrected chi connectivity index (χ0v) is 5.90. The Morgan fingerprint density at radius 2 is 2.10 bits per heavy atom. The molecule has 1 saturated carbocycles. The highest BCUT2D eigenvalue weighted by atomic mass is 16.3. The topological polar surface area (TPSA) is 46.2 Å². The van der Waals surface area contributed by atoms with Gasteiger partial charge in [-0.3, -0.25) is 0 Å². The minimum Gasteiger partial charge on any atom is -0.396 e. The highest BCUT2D eigenvalue weighted by Crippen LogP contribution is 2.42. The molecule has 3 N–H and O–H groups in total. The summed E-state index contributed by atoms with van der Waals surface area (Å²) in [5, 5.41) is 8.94. The van der Waals surface area contributed by atoms with Gasteiger partial charge in [0.25, 0.3) is 0 Å². The molecule has 4 atom stereocenters. The molecule has 56 valence electrons. The minimum absolute atomic E-state index is 0.222. The van der Waals surface area contributed by atoms with Crippen molar-refractivity contribution in [3.8, 4) is 0 Å². The van der Waals surface area contributed by atoms with Crippen LogP contribution in [0.15, 0.2) is 12.2 Å². The lowest BCUT2D eigenvalue weighted by molar-refractivity contribution is 0.193. The largest absolute Gasteiger partial charge is 0.396 e. The summed E-state index contributed by atoms with van der Waals surface area (Å²) in [4.78, 5) is 0. The second-order valence-corrected chi connectivity index (χ2v) is 3.37. The first kappa shape index (κ1) is 6.38. The van der Waals surface area contributed by atoms with Gasteiger partial charge in [-0.25, -0.2) is 0 Å². The molecule has 0 unspecified atom stereocenters. The van der Waals surface area contributed by atoms with Crippen molar-refractivity contribution in [1.82, 2.24) is 0 Å². The van der Waals surface area contributed by atoms with E-state index in [2.05, 4.69) is 12.2 Å². The first-order valence-corrected chi connectivity index (χ1v) is 3.87. The summed E-state index contributed by atoms with van der Waals surface area (Å²) in [6.45, 7) is 0.257. The summed E-state index contributed by atoms with van der Waals surface area (Å²) in [5.74, 6) is 1.47. The standard InChI is InChI=1S/C8H13NO/c9-8-6-2-1-5(3-6)7(8)4-10/h1-2,5-8,10H,3-4,9H2/t5-,6-,7-,8+/m0/s1. The maximum Gasteiger partial charge on any atom is 0.0479 e. The SMILES string of the molecule is N[C@H]1[C@@H](CO)[C@H]2C=C[C@H]1C2. The Kier molecular flexibility index (Phi) is 1.32. The van der Waals surface area contributed by atoms with E-state index in [1.807, 2.05) is 0 Å². The molecule has 0 radical (unpaired) electrons. The van der Waals surface area contributed by atoms with Crippen LogP contribution in [0, 0.1) is 17.8 Å². The average Bonchev–Trinajstić information content (AvgIpc) is 2.46. The molecule has 2 rings (SSSR count). The molecular weight excluding hydrogens is 126 g/mol. The number of nitrogens with two attached hydrogens (primary N) is 1. The summed E-state index contributed by atoms with van der Waals surface area (Å²) < 4.78 is 0. The maximum atomic E-state index is 8.94. The first-order valence-electron chi connectivity index (χ1n) is 3.87. The quantitative estimate of drug-likeness (QED) is 0.507. The predicted molar refractivity (Wildman–Crippen MR) is 39.3 cm³/mol. The van der Waals surface area contributed by atoms with Crippen LogP contribution < -0.4 is 5.73 Å². The van der Waals surface area contributed by atoms with Crippen LogP contribution in [0.4, 0.5) is 0 Å². The van der Waals surface area contributed by atoms with Gasteiger partial charge in [0.2, 0.25) is 0 Å². The molecule has 2 nitrogen and oxygen atoms in total. The number of aliphatic hydroxyl groups is 1. The normalized spacial score (nSPS) is 50.6. The van der Waals surface area contributed by atoms with Crippen molar-refractivity contribution in [3.05, 3.63) is 12.2 Å². The van der Waals surface area contributed by atoms with E-state index in [0.717, 1.165) is 0 Å². The third-order valence-electron chi connectivity index (χ3n) is 2.90. The fraction of sp³-hybridized carbons (Fsp3) is 0.750. The summed E-state index contributed by atoms with van der Waals surface area (Å²) in [5.41, 5.74) is 5.86. The third kappa shape index (κ3) is 0.662. The molecule has 2 aliphatic rings. The van der Waals surface area contributed by atoms with E-state index >= 15 is 0 Å². The van der Waals surface area contributed by atoms with Gasteiger partial charge >= 0.3 is 0 Å². The van der Waals surface area contributed by atoms with Crippen LogP contribution >= 0.6 is 0 Å². The molecule has 0 saturated heterocycles. The van der Waals surface area contributed by atoms with Crippen LogP contribution in [0.2, 0.25) is 0 Å². The second kappa shape index (κ2) is 2.07. The molecule has 2 bridgehead atoms. The van der Waals surface area contributed by atoms with E-state index in [1.165, 1.54) is 6.42 Å². The molecule has 0 heterocycles. The number of allylic oxidation sites excluding steroid dienone is 1. The second-order valence-electron chi connectivity index (χ2n) is 3.37. The Bertz CT molecular complexity index is 167. The number of hydrogen-bond acceptors (Lipinski definition) is 2. The van der Waals surface area contributed by atoms with E-state index in [1.54, 1.807) is 0 Å². The molecule has 0 aromatic heterocycles. The maximum absolute atomic E-state index is 8.94. The van der Waals surface area contributed by atoms with E-state index in [-0.39, 0.29) is 12.6 Å². The Hall–Kier alpha value is -0.340. The lowest BCUT2D eigenvalue weighted by Crippen LogP contribution is -2.35. The molecule has 0 spiro atoms. The van der Waals surface area contributed by atoms with E-state index < -0.39 is 0 Å². The Morgan fingerprint density at radius 1 is 1.40 bits per heavy atom. The predicted octanol–water partition coefficient (Wildman–Crippen LogP) is 0.128. The van der Waals surface area contributed by atoms with Crippen molar-refractivity contribution < 1.29 is 5.11 Å². The van der Waals surface area contributed by atoms with Crippen molar-refractivity contribution in [2.45, 2.75) is 12.5 Å². The van der Waals surface area contributed by atoms with Crippen LogP contribution in [-0.4, -0.2) is 17.8 Å². The van der Waals surface area contributed by atoms with Crippen LogP contribution in [0.1, 0.15) is 6.42 Å². The lowest BCUT2D eigenvalue weighted by Gasteiger charge is -2.21. The molecule has 0 amide bonds. The summed E-state index contributed by atoms with van der Waals surface area (Å²) in [7, 11) is 0. The van der Waals surface area contributed by atoms with Gasteiger partial charge in [0.05, 0.1) is 0 Å². The van der Waals surface area contributed by atoms with Crippen LogP contribution in [0.3, 0.4) is 0 Å². The van der Waals surface area contributed by atoms with Gasteiger partial charge in [-0.15, -0.1) is 0 Å². The van der Waals surface area contributed by atoms with Crippen molar-refractivity contribution in [1.29, 1.82) is 0 Å². The van der Waals surface area contributed by atoms with E-state index in [4.69, 9.17) is 10.8 Å². The van der Waals surface area contributed by atoms with Gasteiger partial charge < -0.3 is 10.8 Å². The molecule has 0 aromatic carbocycles. The van der Waals surface area contributed by atoms with E-state index in [0.29, 0.717) is 17.8 Å². The zero-order valence-electron chi connectivity index (χ0n) is 5.90. The smallest absolute Gasteiger partial charge is 0.0479 e. The Morgan fingerprint density at radius 3 is 2.50 bits per heavy atom. The number of rotatable bonds is 1. The molecule has 2 heteroatoms. The van der Waals surface area contributed by atoms with Crippen molar-refractivity contribution >= 4 is 0 Å². The fourth-order valence-electron chi connectivity index (χ4n) is 2.22. The highest BCUT2D eigenvalue weighted by molar-refractivity contribution is 5.15. The molecule has 10 heavy (non-hydrogen) atoms.